The molecule has 7 heteroatoms. The maximum Gasteiger partial charge on any atom is 0.307 e. The van der Waals surface area contributed by atoms with Gasteiger partial charge in [0.1, 0.15) is 5.75 Å². The van der Waals surface area contributed by atoms with Gasteiger partial charge in [0.15, 0.2) is 5.96 Å². The SMILES string of the molecule is CN=C(NCCC(=O)OC)NCC(c1cccc(OC)c1)N1CCCC1. The number of ether oxygens (including phenoxy) is 2. The molecule has 1 unspecified atom stereocenters. The second kappa shape index (κ2) is 10.7. The van der Waals surface area contributed by atoms with Gasteiger partial charge in [-0.25, -0.2) is 0 Å². The van der Waals surface area contributed by atoms with Gasteiger partial charge in [-0.2, -0.15) is 0 Å². The molecule has 1 aromatic rings. The van der Waals surface area contributed by atoms with Crippen molar-refractivity contribution in [2.24, 2.45) is 4.99 Å². The molecule has 2 rings (SSSR count). The largest absolute Gasteiger partial charge is 0.497 e. The first-order valence-corrected chi connectivity index (χ1v) is 9.07. The molecule has 1 aliphatic heterocycles. The Morgan fingerprint density at radius 3 is 2.69 bits per heavy atom. The Balaban J connectivity index is 1.98. The zero-order chi connectivity index (χ0) is 18.8. The number of nitrogens with zero attached hydrogens (tertiary/aromatic N) is 2. The summed E-state index contributed by atoms with van der Waals surface area (Å²) in [5, 5.41) is 6.53. The third kappa shape index (κ3) is 5.91. The smallest absolute Gasteiger partial charge is 0.307 e. The number of esters is 1. The summed E-state index contributed by atoms with van der Waals surface area (Å²) in [5.41, 5.74) is 1.23. The van der Waals surface area contributed by atoms with Crippen LogP contribution < -0.4 is 15.4 Å². The van der Waals surface area contributed by atoms with Crippen LogP contribution in [0.4, 0.5) is 0 Å². The number of likely N-dealkylation sites (tertiary alicyclic amines) is 1. The van der Waals surface area contributed by atoms with Crippen molar-refractivity contribution in [3.8, 4) is 5.75 Å². The van der Waals surface area contributed by atoms with Gasteiger partial charge >= 0.3 is 5.97 Å². The van der Waals surface area contributed by atoms with Crippen LogP contribution >= 0.6 is 0 Å². The molecule has 1 aromatic carbocycles. The number of nitrogens with one attached hydrogen (secondary N) is 2. The lowest BCUT2D eigenvalue weighted by Crippen LogP contribution is -2.43. The molecule has 0 spiro atoms. The molecule has 1 fully saturated rings. The Morgan fingerprint density at radius 2 is 2.04 bits per heavy atom. The molecule has 0 aromatic heterocycles. The molecule has 2 N–H and O–H groups in total. The van der Waals surface area contributed by atoms with Crippen molar-refractivity contribution in [1.82, 2.24) is 15.5 Å². The van der Waals surface area contributed by atoms with Crippen LogP contribution in [0.25, 0.3) is 0 Å². The van der Waals surface area contributed by atoms with E-state index in [2.05, 4.69) is 37.4 Å². The van der Waals surface area contributed by atoms with Crippen molar-refractivity contribution in [2.75, 3.05) is 47.4 Å². The highest BCUT2D eigenvalue weighted by atomic mass is 16.5. The Bertz CT molecular complexity index is 600. The third-order valence-corrected chi connectivity index (χ3v) is 4.60. The summed E-state index contributed by atoms with van der Waals surface area (Å²) < 4.78 is 10.0. The van der Waals surface area contributed by atoms with E-state index >= 15 is 0 Å². The van der Waals surface area contributed by atoms with Crippen LogP contribution in [-0.4, -0.2) is 64.3 Å². The highest BCUT2D eigenvalue weighted by molar-refractivity contribution is 5.80. The quantitative estimate of drug-likeness (QED) is 0.415. The van der Waals surface area contributed by atoms with Crippen LogP contribution in [0.5, 0.6) is 5.75 Å². The van der Waals surface area contributed by atoms with Crippen molar-refractivity contribution < 1.29 is 14.3 Å². The predicted molar refractivity (Wildman–Crippen MR) is 103 cm³/mol. The van der Waals surface area contributed by atoms with Crippen molar-refractivity contribution in [3.63, 3.8) is 0 Å². The standard InChI is InChI=1S/C19H30N4O3/c1-20-19(21-10-9-18(24)26-3)22-14-17(23-11-4-5-12-23)15-7-6-8-16(13-15)25-2/h6-8,13,17H,4-5,9-12,14H2,1-3H3,(H2,20,21,22). The van der Waals surface area contributed by atoms with Crippen LogP contribution in [0.15, 0.2) is 29.3 Å². The van der Waals surface area contributed by atoms with Gasteiger partial charge in [0.25, 0.3) is 0 Å². The summed E-state index contributed by atoms with van der Waals surface area (Å²) in [5.74, 6) is 1.31. The van der Waals surface area contributed by atoms with Gasteiger partial charge < -0.3 is 20.1 Å². The number of guanidine groups is 1. The highest BCUT2D eigenvalue weighted by Crippen LogP contribution is 2.27. The maximum atomic E-state index is 11.2. The van der Waals surface area contributed by atoms with Crippen molar-refractivity contribution >= 4 is 11.9 Å². The van der Waals surface area contributed by atoms with E-state index in [1.165, 1.54) is 25.5 Å². The first kappa shape index (κ1) is 20.0. The average molecular weight is 362 g/mol. The summed E-state index contributed by atoms with van der Waals surface area (Å²) in [6, 6.07) is 8.47. The van der Waals surface area contributed by atoms with Crippen molar-refractivity contribution in [2.45, 2.75) is 25.3 Å². The van der Waals surface area contributed by atoms with Gasteiger partial charge in [0, 0.05) is 20.1 Å². The van der Waals surface area contributed by atoms with Crippen molar-refractivity contribution in [1.29, 1.82) is 0 Å². The minimum Gasteiger partial charge on any atom is -0.497 e. The van der Waals surface area contributed by atoms with Gasteiger partial charge in [0.05, 0.1) is 26.7 Å². The van der Waals surface area contributed by atoms with E-state index in [1.807, 2.05) is 12.1 Å². The Labute approximate surface area is 155 Å². The van der Waals surface area contributed by atoms with Crippen LogP contribution in [-0.2, 0) is 9.53 Å². The molecular formula is C19H30N4O3. The fourth-order valence-corrected chi connectivity index (χ4v) is 3.16. The summed E-state index contributed by atoms with van der Waals surface area (Å²) in [7, 11) is 4.81. The molecule has 1 heterocycles. The highest BCUT2D eigenvalue weighted by Gasteiger charge is 2.24. The van der Waals surface area contributed by atoms with Crippen LogP contribution in [0, 0.1) is 0 Å². The number of methoxy groups -OCH3 is 2. The van der Waals surface area contributed by atoms with Gasteiger partial charge in [-0.15, -0.1) is 0 Å². The van der Waals surface area contributed by atoms with Crippen molar-refractivity contribution in [3.05, 3.63) is 29.8 Å². The second-order valence-corrected chi connectivity index (χ2v) is 6.24. The molecule has 0 saturated carbocycles. The molecule has 1 saturated heterocycles. The first-order chi connectivity index (χ1) is 12.7. The zero-order valence-electron chi connectivity index (χ0n) is 16.0. The molecule has 0 aliphatic carbocycles. The van der Waals surface area contributed by atoms with E-state index in [4.69, 9.17) is 4.74 Å². The van der Waals surface area contributed by atoms with Gasteiger partial charge in [-0.05, 0) is 43.6 Å². The number of rotatable bonds is 8. The Morgan fingerprint density at radius 1 is 1.27 bits per heavy atom. The third-order valence-electron chi connectivity index (χ3n) is 4.60. The molecule has 7 nitrogen and oxygen atoms in total. The summed E-state index contributed by atoms with van der Waals surface area (Å²) in [6.45, 7) is 3.40. The summed E-state index contributed by atoms with van der Waals surface area (Å²) in [6.07, 6.45) is 2.77. The monoisotopic (exact) mass is 362 g/mol. The Hall–Kier alpha value is -2.28. The normalized spacial score (nSPS) is 16.2. The summed E-state index contributed by atoms with van der Waals surface area (Å²) >= 11 is 0. The van der Waals surface area contributed by atoms with Gasteiger partial charge in [0.2, 0.25) is 0 Å². The van der Waals surface area contributed by atoms with E-state index in [1.54, 1.807) is 14.2 Å². The van der Waals surface area contributed by atoms with Crippen LogP contribution in [0.2, 0.25) is 0 Å². The summed E-state index contributed by atoms with van der Waals surface area (Å²) in [4.78, 5) is 18.0. The predicted octanol–water partition coefficient (Wildman–Crippen LogP) is 1.56. The number of carbonyl (C=O) groups is 1. The topological polar surface area (TPSA) is 75.2 Å². The fourth-order valence-electron chi connectivity index (χ4n) is 3.16. The molecular weight excluding hydrogens is 332 g/mol. The van der Waals surface area contributed by atoms with Gasteiger partial charge in [-0.3, -0.25) is 14.7 Å². The number of hydrogen-bond donors (Lipinski definition) is 2. The maximum absolute atomic E-state index is 11.2. The Kier molecular flexibility index (Phi) is 8.21. The number of benzene rings is 1. The molecule has 0 amide bonds. The lowest BCUT2D eigenvalue weighted by molar-refractivity contribution is -0.140. The van der Waals surface area contributed by atoms with E-state index in [0.717, 1.165) is 25.4 Å². The minimum atomic E-state index is -0.237. The zero-order valence-corrected chi connectivity index (χ0v) is 16.0. The van der Waals surface area contributed by atoms with Gasteiger partial charge in [-0.1, -0.05) is 12.1 Å². The fraction of sp³-hybridized carbons (Fsp3) is 0.579. The average Bonchev–Trinajstić information content (AvgIpc) is 3.21. The lowest BCUT2D eigenvalue weighted by atomic mass is 10.1. The first-order valence-electron chi connectivity index (χ1n) is 9.07. The number of hydrogen-bond acceptors (Lipinski definition) is 5. The molecule has 1 aliphatic rings. The lowest BCUT2D eigenvalue weighted by Gasteiger charge is -2.29. The molecule has 0 bridgehead atoms. The van der Waals surface area contributed by atoms with Crippen LogP contribution in [0.3, 0.4) is 0 Å². The van der Waals surface area contributed by atoms with E-state index in [-0.39, 0.29) is 12.0 Å². The van der Waals surface area contributed by atoms with E-state index < -0.39 is 0 Å². The molecule has 0 radical (unpaired) electrons. The minimum absolute atomic E-state index is 0.237. The van der Waals surface area contributed by atoms with E-state index in [0.29, 0.717) is 18.9 Å². The second-order valence-electron chi connectivity index (χ2n) is 6.24. The van der Waals surface area contributed by atoms with Crippen LogP contribution in [0.1, 0.15) is 30.9 Å². The van der Waals surface area contributed by atoms with E-state index in [9.17, 15) is 4.79 Å². The molecule has 1 atom stereocenters. The number of carbonyl (C=O) groups excluding carboxylic acids is 1. The number of aliphatic imine (C=N–C) groups is 1. The molecule has 144 valence electrons. The molecule has 26 heavy (non-hydrogen) atoms.